The molecule has 3 aromatic carbocycles. The molecule has 14 nitrogen and oxygen atoms in total. The molecule has 48 heavy (non-hydrogen) atoms. The number of phenols is 2. The van der Waals surface area contributed by atoms with E-state index in [1.165, 1.54) is 31.4 Å². The number of aliphatic hydroxyl groups is 2. The molecule has 6 rings (SSSR count). The third kappa shape index (κ3) is 5.41. The van der Waals surface area contributed by atoms with Crippen LogP contribution in [0.25, 0.3) is 0 Å². The first-order valence-electron chi connectivity index (χ1n) is 15.3. The van der Waals surface area contributed by atoms with Crippen molar-refractivity contribution in [2.24, 2.45) is 0 Å². The maximum Gasteiger partial charge on any atom is 0.273 e. The van der Waals surface area contributed by atoms with Crippen LogP contribution in [0.1, 0.15) is 81.3 Å². The second-order valence-corrected chi connectivity index (χ2v) is 12.3. The van der Waals surface area contributed by atoms with Crippen LogP contribution in [0.5, 0.6) is 17.2 Å². The van der Waals surface area contributed by atoms with Gasteiger partial charge in [-0.25, -0.2) is 0 Å². The lowest BCUT2D eigenvalue weighted by Crippen LogP contribution is -2.54. The predicted octanol–water partition coefficient (Wildman–Crippen LogP) is 2.77. The average molecular weight is 663 g/mol. The number of nitrogens with one attached hydrogen (secondary N) is 1. The van der Waals surface area contributed by atoms with E-state index >= 15 is 0 Å². The number of nitro groups is 1. The largest absolute Gasteiger partial charge is 0.507 e. The van der Waals surface area contributed by atoms with E-state index in [4.69, 9.17) is 14.2 Å². The Bertz CT molecular complexity index is 1860. The van der Waals surface area contributed by atoms with E-state index in [-0.39, 0.29) is 46.7 Å². The molecular formula is C34H34N2O12. The van der Waals surface area contributed by atoms with Crippen LogP contribution >= 0.6 is 0 Å². The third-order valence-corrected chi connectivity index (χ3v) is 9.50. The molecule has 2 aliphatic carbocycles. The molecule has 0 amide bonds. The zero-order chi connectivity index (χ0) is 34.7. The first-order valence-corrected chi connectivity index (χ1v) is 15.3. The lowest BCUT2D eigenvalue weighted by atomic mass is 9.72. The van der Waals surface area contributed by atoms with E-state index in [0.29, 0.717) is 5.56 Å². The number of phenolic OH excluding ortho intramolecular Hbond substituents is 2. The van der Waals surface area contributed by atoms with Crippen LogP contribution in [-0.4, -0.2) is 79.9 Å². The normalized spacial score (nSPS) is 26.3. The highest BCUT2D eigenvalue weighted by Gasteiger charge is 2.49. The summed E-state index contributed by atoms with van der Waals surface area (Å²) in [5.74, 6) is -3.42. The number of rotatable bonds is 8. The zero-order valence-electron chi connectivity index (χ0n) is 26.3. The summed E-state index contributed by atoms with van der Waals surface area (Å²) in [7, 11) is 1.32. The molecule has 0 bridgehead atoms. The molecule has 1 aliphatic heterocycles. The summed E-state index contributed by atoms with van der Waals surface area (Å²) in [6, 6.07) is 9.86. The Morgan fingerprint density at radius 2 is 1.79 bits per heavy atom. The minimum absolute atomic E-state index is 0.00382. The summed E-state index contributed by atoms with van der Waals surface area (Å²) in [5.41, 5.74) is -3.08. The first-order chi connectivity index (χ1) is 22.8. The fourth-order valence-electron chi connectivity index (χ4n) is 6.91. The molecule has 6 atom stereocenters. The Labute approximate surface area is 274 Å². The van der Waals surface area contributed by atoms with Gasteiger partial charge in [0.15, 0.2) is 17.9 Å². The Morgan fingerprint density at radius 3 is 2.48 bits per heavy atom. The molecule has 0 unspecified atom stereocenters. The van der Waals surface area contributed by atoms with Gasteiger partial charge in [0.25, 0.3) is 5.69 Å². The van der Waals surface area contributed by atoms with Gasteiger partial charge in [0.1, 0.15) is 22.8 Å². The molecule has 5 N–H and O–H groups in total. The van der Waals surface area contributed by atoms with Crippen LogP contribution in [0.4, 0.5) is 5.69 Å². The van der Waals surface area contributed by atoms with Gasteiger partial charge in [-0.1, -0.05) is 30.3 Å². The van der Waals surface area contributed by atoms with Gasteiger partial charge < -0.3 is 40.0 Å². The van der Waals surface area contributed by atoms with E-state index in [9.17, 15) is 44.9 Å². The molecule has 0 radical (unpaired) electrons. The number of carbonyl (C=O) groups excluding carboxylic acids is 3. The maximum absolute atomic E-state index is 13.9. The highest BCUT2D eigenvalue weighted by molar-refractivity contribution is 6.31. The van der Waals surface area contributed by atoms with E-state index in [0.717, 1.165) is 6.92 Å². The number of Topliss-reactive ketones (excluding diaryl/α,β-unsaturated/α-hetero) is 1. The van der Waals surface area contributed by atoms with Crippen molar-refractivity contribution >= 4 is 23.0 Å². The molecule has 0 aromatic heterocycles. The number of ketones is 3. The SMILES string of the molecule is COc1cccc2c1C(=O)c1c(O)c3c(c(O)c1C2=O)C[C@@](O)(C(C)=O)C[C@@H]3O[C@H]1C[C@H](NCc2ccccc2[N+](=O)[O-])[C@H](O)[C@H](C)O1. The summed E-state index contributed by atoms with van der Waals surface area (Å²) in [6.45, 7) is 2.79. The number of hydrogen-bond acceptors (Lipinski definition) is 13. The summed E-state index contributed by atoms with van der Waals surface area (Å²) in [4.78, 5) is 51.3. The standard InChI is InChI=1S/C34H34N2O12/c1-15-29(38)20(35-14-17-7-4-5-9-21(17)36(44)45)11-24(47-15)48-23-13-34(43,16(2)37)12-19-26(23)33(42)28-27(31(19)40)30(39)18-8-6-10-22(46-3)25(18)32(28)41/h4-10,15,20,23-24,29,35,38,40,42-43H,11-14H2,1-3H3/t15-,20-,23-,24-,29+,34-/m0/s1. The number of fused-ring (bicyclic) bond motifs is 3. The second kappa shape index (κ2) is 12.4. The van der Waals surface area contributed by atoms with Crippen molar-refractivity contribution in [2.45, 2.75) is 75.9 Å². The maximum atomic E-state index is 13.9. The number of nitrogens with zero attached hydrogens (tertiary/aromatic N) is 1. The number of para-hydroxylation sites is 1. The molecular weight excluding hydrogens is 628 g/mol. The summed E-state index contributed by atoms with van der Waals surface area (Å²) in [6.07, 6.45) is -5.18. The second-order valence-electron chi connectivity index (χ2n) is 12.3. The number of hydrogen-bond donors (Lipinski definition) is 5. The van der Waals surface area contributed by atoms with E-state index in [1.54, 1.807) is 25.1 Å². The molecule has 0 saturated carbocycles. The zero-order valence-corrected chi connectivity index (χ0v) is 26.3. The van der Waals surface area contributed by atoms with Gasteiger partial charge in [-0.3, -0.25) is 24.5 Å². The molecule has 1 heterocycles. The molecule has 3 aliphatic rings. The smallest absolute Gasteiger partial charge is 0.273 e. The molecule has 252 valence electrons. The highest BCUT2D eigenvalue weighted by Crippen LogP contribution is 2.52. The number of ether oxygens (including phenoxy) is 3. The van der Waals surface area contributed by atoms with Gasteiger partial charge in [-0.2, -0.15) is 0 Å². The van der Waals surface area contributed by atoms with Crippen molar-refractivity contribution in [3.8, 4) is 17.2 Å². The number of methoxy groups -OCH3 is 1. The number of aliphatic hydroxyl groups excluding tert-OH is 1. The van der Waals surface area contributed by atoms with Crippen LogP contribution in [0.3, 0.4) is 0 Å². The van der Waals surface area contributed by atoms with Gasteiger partial charge in [-0.15, -0.1) is 0 Å². The van der Waals surface area contributed by atoms with Gasteiger partial charge in [0.2, 0.25) is 5.78 Å². The van der Waals surface area contributed by atoms with Crippen molar-refractivity contribution < 1.29 is 53.9 Å². The van der Waals surface area contributed by atoms with Crippen molar-refractivity contribution in [3.05, 3.63) is 91.5 Å². The van der Waals surface area contributed by atoms with Gasteiger partial charge in [-0.05, 0) is 19.9 Å². The topological polar surface area (TPSA) is 215 Å². The first kappa shape index (κ1) is 33.2. The van der Waals surface area contributed by atoms with Crippen LogP contribution < -0.4 is 10.1 Å². The summed E-state index contributed by atoms with van der Waals surface area (Å²) in [5, 5.41) is 60.2. The fourth-order valence-corrected chi connectivity index (χ4v) is 6.91. The van der Waals surface area contributed by atoms with E-state index in [2.05, 4.69) is 5.32 Å². The van der Waals surface area contributed by atoms with Gasteiger partial charge in [0.05, 0.1) is 47.0 Å². The lowest BCUT2D eigenvalue weighted by Gasteiger charge is -2.43. The Kier molecular flexibility index (Phi) is 8.56. The predicted molar refractivity (Wildman–Crippen MR) is 166 cm³/mol. The molecule has 3 aromatic rings. The minimum Gasteiger partial charge on any atom is -0.507 e. The molecule has 0 spiro atoms. The van der Waals surface area contributed by atoms with Crippen molar-refractivity contribution in [3.63, 3.8) is 0 Å². The molecule has 1 saturated heterocycles. The summed E-state index contributed by atoms with van der Waals surface area (Å²) >= 11 is 0. The Hall–Kier alpha value is -4.73. The van der Waals surface area contributed by atoms with Gasteiger partial charge >= 0.3 is 0 Å². The average Bonchev–Trinajstić information content (AvgIpc) is 3.05. The monoisotopic (exact) mass is 662 g/mol. The Balaban J connectivity index is 1.37. The molecule has 1 fully saturated rings. The van der Waals surface area contributed by atoms with Crippen LogP contribution in [0.15, 0.2) is 42.5 Å². The van der Waals surface area contributed by atoms with Crippen molar-refractivity contribution in [1.29, 1.82) is 0 Å². The number of benzene rings is 3. The van der Waals surface area contributed by atoms with Gasteiger partial charge in [0, 0.05) is 60.2 Å². The van der Waals surface area contributed by atoms with Crippen LogP contribution in [0.2, 0.25) is 0 Å². The van der Waals surface area contributed by atoms with E-state index in [1.807, 2.05) is 0 Å². The minimum atomic E-state index is -2.08. The lowest BCUT2D eigenvalue weighted by molar-refractivity contribution is -0.385. The van der Waals surface area contributed by atoms with E-state index < -0.39 is 94.0 Å². The van der Waals surface area contributed by atoms with Crippen LogP contribution in [-0.2, 0) is 27.2 Å². The highest BCUT2D eigenvalue weighted by atomic mass is 16.7. The van der Waals surface area contributed by atoms with Crippen molar-refractivity contribution in [1.82, 2.24) is 5.32 Å². The van der Waals surface area contributed by atoms with Crippen molar-refractivity contribution in [2.75, 3.05) is 7.11 Å². The summed E-state index contributed by atoms with van der Waals surface area (Å²) < 4.78 is 17.5. The number of nitro benzene ring substituents is 1. The number of aromatic hydroxyl groups is 2. The third-order valence-electron chi connectivity index (χ3n) is 9.50. The van der Waals surface area contributed by atoms with Crippen LogP contribution in [0, 0.1) is 10.1 Å². The fraction of sp³-hybridized carbons (Fsp3) is 0.382. The number of carbonyl (C=O) groups is 3. The Morgan fingerprint density at radius 1 is 1.08 bits per heavy atom. The quantitative estimate of drug-likeness (QED) is 0.104. The molecule has 14 heteroatoms.